The van der Waals surface area contributed by atoms with Crippen LogP contribution in [0.15, 0.2) is 237 Å². The van der Waals surface area contributed by atoms with E-state index in [4.69, 9.17) is 9.97 Å². The maximum Gasteiger partial charge on any atom is 0.161 e. The van der Waals surface area contributed by atoms with Crippen LogP contribution in [0.3, 0.4) is 0 Å². The Morgan fingerprint density at radius 3 is 1.59 bits per heavy atom. The van der Waals surface area contributed by atoms with E-state index in [9.17, 15) is 0 Å². The van der Waals surface area contributed by atoms with Gasteiger partial charge in [-0.05, 0) is 95.4 Å². The van der Waals surface area contributed by atoms with Crippen molar-refractivity contribution in [3.63, 3.8) is 0 Å². The summed E-state index contributed by atoms with van der Waals surface area (Å²) >= 11 is 0. The van der Waals surface area contributed by atoms with E-state index in [2.05, 4.69) is 217 Å². The average molecular weight is 802 g/mol. The zero-order chi connectivity index (χ0) is 41.7. The zero-order valence-electron chi connectivity index (χ0n) is 34.4. The van der Waals surface area contributed by atoms with Gasteiger partial charge in [-0.2, -0.15) is 0 Å². The van der Waals surface area contributed by atoms with Gasteiger partial charge in [0.05, 0.1) is 16.8 Å². The Kier molecular flexibility index (Phi) is 8.72. The summed E-state index contributed by atoms with van der Waals surface area (Å²) in [6, 6.07) is 81.0. The smallest absolute Gasteiger partial charge is 0.161 e. The highest BCUT2D eigenvalue weighted by molar-refractivity contribution is 6.10. The normalized spacial score (nSPS) is 12.6. The molecule has 9 aromatic carbocycles. The van der Waals surface area contributed by atoms with Gasteiger partial charge in [0.25, 0.3) is 0 Å². The van der Waals surface area contributed by atoms with E-state index in [0.29, 0.717) is 5.82 Å². The summed E-state index contributed by atoms with van der Waals surface area (Å²) in [7, 11) is 0. The van der Waals surface area contributed by atoms with Crippen molar-refractivity contribution in [2.24, 2.45) is 0 Å². The Morgan fingerprint density at radius 2 is 0.905 bits per heavy atom. The minimum atomic E-state index is -0.544. The number of pyridine rings is 1. The lowest BCUT2D eigenvalue weighted by atomic mass is 9.66. The standard InChI is InChI=1S/C60H39N3/c1-4-17-42(18-5-1)55-38-56(43-31-29-40(30-32-43)44-19-15-37-61-39-44)63-59(62-55)52-36-35-50(48-25-12-13-26-49(48)52)51-27-14-28-54-57(51)53-34-33-41-16-10-11-24-47(41)58(53)60(54,45-20-6-2-7-21-45)46-22-8-3-9-23-46/h1-39H. The Morgan fingerprint density at radius 1 is 0.349 bits per heavy atom. The predicted octanol–water partition coefficient (Wildman–Crippen LogP) is 14.9. The monoisotopic (exact) mass is 801 g/mol. The van der Waals surface area contributed by atoms with Crippen LogP contribution in [0, 0.1) is 0 Å². The minimum Gasteiger partial charge on any atom is -0.264 e. The SMILES string of the molecule is c1ccc(-c2cc(-c3ccc(-c4cccnc4)cc3)nc(-c3ccc(-c4cccc5c4-c4ccc6ccccc6c4C5(c4ccccc4)c4ccccc4)c4ccccc34)n2)cc1. The van der Waals surface area contributed by atoms with Gasteiger partial charge in [-0.1, -0.05) is 206 Å². The molecule has 1 aliphatic rings. The molecule has 3 heteroatoms. The first-order valence-electron chi connectivity index (χ1n) is 21.5. The van der Waals surface area contributed by atoms with E-state index in [1.165, 1.54) is 55.3 Å². The van der Waals surface area contributed by atoms with E-state index in [1.54, 1.807) is 6.20 Å². The molecular formula is C60H39N3. The van der Waals surface area contributed by atoms with Gasteiger partial charge in [0.1, 0.15) is 0 Å². The van der Waals surface area contributed by atoms with Crippen molar-refractivity contribution in [1.82, 2.24) is 15.0 Å². The van der Waals surface area contributed by atoms with Crippen LogP contribution < -0.4 is 0 Å². The summed E-state index contributed by atoms with van der Waals surface area (Å²) in [5.74, 6) is 0.688. The summed E-state index contributed by atoms with van der Waals surface area (Å²) in [5.41, 5.74) is 16.5. The van der Waals surface area contributed by atoms with E-state index in [1.807, 2.05) is 18.3 Å². The highest BCUT2D eigenvalue weighted by Crippen LogP contribution is 2.60. The molecule has 294 valence electrons. The van der Waals surface area contributed by atoms with Gasteiger partial charge in [-0.15, -0.1) is 0 Å². The third-order valence-corrected chi connectivity index (χ3v) is 12.9. The maximum absolute atomic E-state index is 5.33. The summed E-state index contributed by atoms with van der Waals surface area (Å²) in [5, 5.41) is 4.75. The molecule has 12 rings (SSSR count). The van der Waals surface area contributed by atoms with E-state index in [-0.39, 0.29) is 0 Å². The quantitative estimate of drug-likeness (QED) is 0.161. The largest absolute Gasteiger partial charge is 0.264 e. The second kappa shape index (κ2) is 15.0. The number of nitrogens with zero attached hydrogens (tertiary/aromatic N) is 3. The van der Waals surface area contributed by atoms with Crippen LogP contribution in [0.25, 0.3) is 88.8 Å². The molecule has 0 fully saturated rings. The summed E-state index contributed by atoms with van der Waals surface area (Å²) in [6.45, 7) is 0. The van der Waals surface area contributed by atoms with E-state index < -0.39 is 5.41 Å². The molecule has 0 spiro atoms. The van der Waals surface area contributed by atoms with Crippen LogP contribution in [0.4, 0.5) is 0 Å². The number of rotatable bonds is 7. The Hall–Kier alpha value is -8.27. The van der Waals surface area contributed by atoms with Crippen molar-refractivity contribution < 1.29 is 0 Å². The molecule has 0 saturated heterocycles. The van der Waals surface area contributed by atoms with E-state index in [0.717, 1.165) is 50.0 Å². The molecule has 2 heterocycles. The Bertz CT molecular complexity index is 3430. The molecular weight excluding hydrogens is 763 g/mol. The molecule has 3 nitrogen and oxygen atoms in total. The molecule has 1 aliphatic carbocycles. The number of fused-ring (bicyclic) bond motifs is 6. The molecule has 11 aromatic rings. The van der Waals surface area contributed by atoms with Gasteiger partial charge in [0.2, 0.25) is 0 Å². The second-order valence-corrected chi connectivity index (χ2v) is 16.3. The third-order valence-electron chi connectivity index (χ3n) is 12.9. The van der Waals surface area contributed by atoms with Gasteiger partial charge >= 0.3 is 0 Å². The first kappa shape index (κ1) is 36.6. The van der Waals surface area contributed by atoms with Crippen LogP contribution in [0.1, 0.15) is 22.3 Å². The van der Waals surface area contributed by atoms with Gasteiger partial charge in [-0.25, -0.2) is 9.97 Å². The Balaban J connectivity index is 1.08. The van der Waals surface area contributed by atoms with Gasteiger partial charge < -0.3 is 0 Å². The maximum atomic E-state index is 5.33. The van der Waals surface area contributed by atoms with Crippen molar-refractivity contribution >= 4 is 21.5 Å². The van der Waals surface area contributed by atoms with E-state index >= 15 is 0 Å². The molecule has 2 aromatic heterocycles. The molecule has 0 aliphatic heterocycles. The van der Waals surface area contributed by atoms with Gasteiger partial charge in [0.15, 0.2) is 5.82 Å². The van der Waals surface area contributed by atoms with Crippen LogP contribution in [0.5, 0.6) is 0 Å². The topological polar surface area (TPSA) is 38.7 Å². The molecule has 0 saturated carbocycles. The second-order valence-electron chi connectivity index (χ2n) is 16.3. The molecule has 0 bridgehead atoms. The number of aromatic nitrogens is 3. The molecule has 0 amide bonds. The lowest BCUT2D eigenvalue weighted by Gasteiger charge is -2.34. The summed E-state index contributed by atoms with van der Waals surface area (Å²) in [4.78, 5) is 15.0. The van der Waals surface area contributed by atoms with Crippen LogP contribution >= 0.6 is 0 Å². The fraction of sp³-hybridized carbons (Fsp3) is 0.0167. The zero-order valence-corrected chi connectivity index (χ0v) is 34.4. The van der Waals surface area contributed by atoms with Crippen molar-refractivity contribution in [1.29, 1.82) is 0 Å². The lowest BCUT2D eigenvalue weighted by molar-refractivity contribution is 0.775. The average Bonchev–Trinajstić information content (AvgIpc) is 3.69. The number of hydrogen-bond acceptors (Lipinski definition) is 3. The summed E-state index contributed by atoms with van der Waals surface area (Å²) in [6.07, 6.45) is 3.70. The molecule has 0 unspecified atom stereocenters. The number of hydrogen-bond donors (Lipinski definition) is 0. The molecule has 63 heavy (non-hydrogen) atoms. The van der Waals surface area contributed by atoms with Crippen molar-refractivity contribution in [3.05, 3.63) is 259 Å². The van der Waals surface area contributed by atoms with Crippen LogP contribution in [0.2, 0.25) is 0 Å². The van der Waals surface area contributed by atoms with Crippen LogP contribution in [-0.2, 0) is 5.41 Å². The van der Waals surface area contributed by atoms with Gasteiger partial charge in [0, 0.05) is 29.1 Å². The third kappa shape index (κ3) is 5.93. The Labute approximate surface area is 366 Å². The molecule has 0 atom stereocenters. The fourth-order valence-electron chi connectivity index (χ4n) is 10.1. The van der Waals surface area contributed by atoms with Crippen molar-refractivity contribution in [2.75, 3.05) is 0 Å². The van der Waals surface area contributed by atoms with Crippen molar-refractivity contribution in [2.45, 2.75) is 5.41 Å². The number of benzene rings is 9. The highest BCUT2D eigenvalue weighted by atomic mass is 14.9. The highest BCUT2D eigenvalue weighted by Gasteiger charge is 2.48. The van der Waals surface area contributed by atoms with Crippen LogP contribution in [-0.4, -0.2) is 15.0 Å². The summed E-state index contributed by atoms with van der Waals surface area (Å²) < 4.78 is 0. The predicted molar refractivity (Wildman–Crippen MR) is 259 cm³/mol. The lowest BCUT2D eigenvalue weighted by Crippen LogP contribution is -2.28. The molecule has 0 radical (unpaired) electrons. The van der Waals surface area contributed by atoms with Crippen molar-refractivity contribution in [3.8, 4) is 67.3 Å². The molecule has 0 N–H and O–H groups in total. The van der Waals surface area contributed by atoms with Gasteiger partial charge in [-0.3, -0.25) is 4.98 Å². The fourth-order valence-corrected chi connectivity index (χ4v) is 10.1. The first-order valence-corrected chi connectivity index (χ1v) is 21.5. The first-order chi connectivity index (χ1) is 31.3. The minimum absolute atomic E-state index is 0.544.